The normalized spacial score (nSPS) is 24.3. The molecule has 27 heavy (non-hydrogen) atoms. The number of halogens is 1. The summed E-state index contributed by atoms with van der Waals surface area (Å²) in [5.41, 5.74) is 5.96. The molecule has 0 radical (unpaired) electrons. The van der Waals surface area contributed by atoms with Crippen molar-refractivity contribution in [2.75, 3.05) is 13.1 Å². The number of nitrogens with zero attached hydrogens (tertiary/aromatic N) is 2. The maximum atomic E-state index is 14.2. The summed E-state index contributed by atoms with van der Waals surface area (Å²) >= 11 is 0. The van der Waals surface area contributed by atoms with E-state index in [1.807, 2.05) is 12.1 Å². The summed E-state index contributed by atoms with van der Waals surface area (Å²) in [6.45, 7) is 9.63. The van der Waals surface area contributed by atoms with Gasteiger partial charge in [0.2, 0.25) is 0 Å². The number of aryl methyl sites for hydroxylation is 1. The predicted molar refractivity (Wildman–Crippen MR) is 106 cm³/mol. The molecule has 2 aromatic carbocycles. The molecule has 1 N–H and O–H groups in total. The first kappa shape index (κ1) is 18.2. The molecule has 2 atom stereocenters. The first-order valence-corrected chi connectivity index (χ1v) is 9.74. The summed E-state index contributed by atoms with van der Waals surface area (Å²) in [6.07, 6.45) is 2.40. The number of rotatable bonds is 4. The summed E-state index contributed by atoms with van der Waals surface area (Å²) in [7, 11) is 0. The Hall–Kier alpha value is -2.22. The molecule has 0 aromatic heterocycles. The highest BCUT2D eigenvalue weighted by Gasteiger charge is 2.49. The van der Waals surface area contributed by atoms with E-state index in [1.54, 1.807) is 6.07 Å². The lowest BCUT2D eigenvalue weighted by atomic mass is 9.91. The number of nitriles is 1. The Kier molecular flexibility index (Phi) is 4.53. The standard InChI is InChI=1S/C23H26FN3/c1-4-23-10-20(26-14-23)13-27(23)12-19-7-15(2)8-21(16(19)3)17-5-6-18(11-25)22(24)9-17/h5-9,20,26H,4,10,12-14H2,1-3H3. The smallest absolute Gasteiger partial charge is 0.141 e. The molecule has 2 bridgehead atoms. The van der Waals surface area contributed by atoms with E-state index in [0.29, 0.717) is 6.04 Å². The molecule has 4 heteroatoms. The maximum Gasteiger partial charge on any atom is 0.141 e. The van der Waals surface area contributed by atoms with Gasteiger partial charge in [-0.25, -0.2) is 4.39 Å². The van der Waals surface area contributed by atoms with E-state index in [2.05, 4.69) is 43.1 Å². The number of likely N-dealkylation sites (tertiary alicyclic amines) is 1. The molecule has 0 aliphatic carbocycles. The Morgan fingerprint density at radius 3 is 2.78 bits per heavy atom. The highest BCUT2D eigenvalue weighted by Crippen LogP contribution is 2.39. The molecule has 2 fully saturated rings. The zero-order chi connectivity index (χ0) is 19.2. The van der Waals surface area contributed by atoms with Gasteiger partial charge in [0.1, 0.15) is 11.9 Å². The van der Waals surface area contributed by atoms with Crippen LogP contribution >= 0.6 is 0 Å². The zero-order valence-electron chi connectivity index (χ0n) is 16.3. The summed E-state index contributed by atoms with van der Waals surface area (Å²) in [4.78, 5) is 2.64. The van der Waals surface area contributed by atoms with E-state index in [4.69, 9.17) is 5.26 Å². The summed E-state index contributed by atoms with van der Waals surface area (Å²) in [6, 6.07) is 11.8. The molecular formula is C23H26FN3. The molecular weight excluding hydrogens is 337 g/mol. The minimum absolute atomic E-state index is 0.0924. The van der Waals surface area contributed by atoms with Crippen LogP contribution in [-0.2, 0) is 6.54 Å². The fourth-order valence-corrected chi connectivity index (χ4v) is 4.87. The third-order valence-corrected chi connectivity index (χ3v) is 6.54. The molecule has 2 aromatic rings. The number of piperazine rings is 1. The van der Waals surface area contributed by atoms with Crippen LogP contribution in [0.15, 0.2) is 30.3 Å². The summed E-state index contributed by atoms with van der Waals surface area (Å²) in [5, 5.41) is 12.6. The van der Waals surface area contributed by atoms with Crippen LogP contribution < -0.4 is 5.32 Å². The highest BCUT2D eigenvalue weighted by atomic mass is 19.1. The topological polar surface area (TPSA) is 39.1 Å². The Labute approximate surface area is 160 Å². The van der Waals surface area contributed by atoms with Crippen LogP contribution in [0.3, 0.4) is 0 Å². The fraction of sp³-hybridized carbons (Fsp3) is 0.435. The molecule has 0 amide bonds. The largest absolute Gasteiger partial charge is 0.311 e. The number of hydrogen-bond acceptors (Lipinski definition) is 3. The van der Waals surface area contributed by atoms with Gasteiger partial charge in [-0.3, -0.25) is 4.90 Å². The van der Waals surface area contributed by atoms with Crippen LogP contribution in [0, 0.1) is 31.0 Å². The fourth-order valence-electron chi connectivity index (χ4n) is 4.87. The van der Waals surface area contributed by atoms with Crippen LogP contribution in [0.25, 0.3) is 11.1 Å². The number of nitrogens with one attached hydrogen (secondary N) is 1. The first-order chi connectivity index (χ1) is 13.0. The summed E-state index contributed by atoms with van der Waals surface area (Å²) in [5.74, 6) is -0.453. The lowest BCUT2D eigenvalue weighted by Gasteiger charge is -2.38. The van der Waals surface area contributed by atoms with Crippen molar-refractivity contribution in [1.82, 2.24) is 10.2 Å². The Morgan fingerprint density at radius 2 is 2.11 bits per heavy atom. The minimum atomic E-state index is -0.453. The highest BCUT2D eigenvalue weighted by molar-refractivity contribution is 5.70. The van der Waals surface area contributed by atoms with Gasteiger partial charge in [-0.2, -0.15) is 5.26 Å². The van der Waals surface area contributed by atoms with Crippen LogP contribution in [0.5, 0.6) is 0 Å². The van der Waals surface area contributed by atoms with Crippen molar-refractivity contribution in [3.8, 4) is 17.2 Å². The average molecular weight is 363 g/mol. The third kappa shape index (κ3) is 3.05. The quantitative estimate of drug-likeness (QED) is 0.880. The van der Waals surface area contributed by atoms with Crippen LogP contribution in [-0.4, -0.2) is 29.6 Å². The lowest BCUT2D eigenvalue weighted by molar-refractivity contribution is 0.114. The van der Waals surface area contributed by atoms with E-state index in [1.165, 1.54) is 29.2 Å². The van der Waals surface area contributed by atoms with Crippen LogP contribution in [0.4, 0.5) is 4.39 Å². The molecule has 2 aliphatic heterocycles. The molecule has 2 saturated heterocycles. The van der Waals surface area contributed by atoms with Crippen molar-refractivity contribution >= 4 is 0 Å². The number of hydrogen-bond donors (Lipinski definition) is 1. The predicted octanol–water partition coefficient (Wildman–Crippen LogP) is 4.31. The van der Waals surface area contributed by atoms with Crippen molar-refractivity contribution in [3.05, 3.63) is 58.4 Å². The molecule has 3 nitrogen and oxygen atoms in total. The van der Waals surface area contributed by atoms with Gasteiger partial charge in [0.15, 0.2) is 0 Å². The minimum Gasteiger partial charge on any atom is -0.311 e. The van der Waals surface area contributed by atoms with Gasteiger partial charge in [0.25, 0.3) is 0 Å². The zero-order valence-corrected chi connectivity index (χ0v) is 16.3. The van der Waals surface area contributed by atoms with E-state index in [0.717, 1.165) is 37.2 Å². The van der Waals surface area contributed by atoms with Crippen molar-refractivity contribution in [1.29, 1.82) is 5.26 Å². The Bertz CT molecular complexity index is 930. The van der Waals surface area contributed by atoms with Gasteiger partial charge in [-0.1, -0.05) is 30.7 Å². The van der Waals surface area contributed by atoms with E-state index >= 15 is 0 Å². The third-order valence-electron chi connectivity index (χ3n) is 6.54. The van der Waals surface area contributed by atoms with Crippen molar-refractivity contribution in [2.24, 2.45) is 0 Å². The van der Waals surface area contributed by atoms with Gasteiger partial charge in [-0.05, 0) is 61.1 Å². The van der Waals surface area contributed by atoms with E-state index in [-0.39, 0.29) is 11.1 Å². The maximum absolute atomic E-state index is 14.2. The summed E-state index contributed by atoms with van der Waals surface area (Å²) < 4.78 is 14.2. The molecule has 4 rings (SSSR count). The molecule has 2 unspecified atom stereocenters. The van der Waals surface area contributed by atoms with Crippen molar-refractivity contribution < 1.29 is 4.39 Å². The monoisotopic (exact) mass is 363 g/mol. The average Bonchev–Trinajstić information content (AvgIpc) is 3.23. The van der Waals surface area contributed by atoms with Crippen molar-refractivity contribution in [2.45, 2.75) is 51.7 Å². The second kappa shape index (κ2) is 6.74. The second-order valence-corrected chi connectivity index (χ2v) is 8.14. The lowest BCUT2D eigenvalue weighted by Crippen LogP contribution is -2.51. The molecule has 2 aliphatic rings. The number of fused-ring (bicyclic) bond motifs is 2. The van der Waals surface area contributed by atoms with Crippen LogP contribution in [0.2, 0.25) is 0 Å². The first-order valence-electron chi connectivity index (χ1n) is 9.74. The van der Waals surface area contributed by atoms with Crippen LogP contribution in [0.1, 0.15) is 42.0 Å². The Balaban J connectivity index is 1.70. The molecule has 2 heterocycles. The van der Waals surface area contributed by atoms with Gasteiger partial charge in [-0.15, -0.1) is 0 Å². The molecule has 0 saturated carbocycles. The molecule has 0 spiro atoms. The SMILES string of the molecule is CCC12CNC(CN1Cc1cc(C)cc(-c3ccc(C#N)c(F)c3)c1C)C2. The van der Waals surface area contributed by atoms with Crippen molar-refractivity contribution in [3.63, 3.8) is 0 Å². The van der Waals surface area contributed by atoms with Gasteiger partial charge in [0, 0.05) is 31.2 Å². The van der Waals surface area contributed by atoms with Gasteiger partial charge >= 0.3 is 0 Å². The van der Waals surface area contributed by atoms with Gasteiger partial charge < -0.3 is 5.32 Å². The van der Waals surface area contributed by atoms with E-state index in [9.17, 15) is 4.39 Å². The second-order valence-electron chi connectivity index (χ2n) is 8.14. The van der Waals surface area contributed by atoms with Gasteiger partial charge in [0.05, 0.1) is 5.56 Å². The number of benzene rings is 2. The van der Waals surface area contributed by atoms with E-state index < -0.39 is 5.82 Å². The molecule has 140 valence electrons. The Morgan fingerprint density at radius 1 is 1.30 bits per heavy atom.